The van der Waals surface area contributed by atoms with Crippen molar-refractivity contribution in [1.82, 2.24) is 4.90 Å². The highest BCUT2D eigenvalue weighted by atomic mass is 16.5. The Kier molecular flexibility index (Phi) is 3.30. The Morgan fingerprint density at radius 1 is 1.38 bits per heavy atom. The molecule has 2 heterocycles. The molecule has 1 fully saturated rings. The van der Waals surface area contributed by atoms with Crippen LogP contribution < -0.4 is 0 Å². The Hall–Kier alpha value is -0.870. The fourth-order valence-corrected chi connectivity index (χ4v) is 1.94. The van der Waals surface area contributed by atoms with Gasteiger partial charge in [-0.25, -0.2) is 0 Å². The van der Waals surface area contributed by atoms with Crippen molar-refractivity contribution in [2.24, 2.45) is 0 Å². The summed E-state index contributed by atoms with van der Waals surface area (Å²) in [6.45, 7) is 8.14. The number of morpholine rings is 1. The standard InChI is InChI=1S/C12H19NO3/c1-12(2)11(14)9-10(16-12)3-4-13-5-7-15-8-6-13/h9H,3-8H2,1-2H3. The smallest absolute Gasteiger partial charge is 0.201 e. The highest BCUT2D eigenvalue weighted by Crippen LogP contribution is 2.26. The van der Waals surface area contributed by atoms with Crippen molar-refractivity contribution in [2.45, 2.75) is 25.9 Å². The summed E-state index contributed by atoms with van der Waals surface area (Å²) in [5, 5.41) is 0. The summed E-state index contributed by atoms with van der Waals surface area (Å²) in [7, 11) is 0. The zero-order valence-electron chi connectivity index (χ0n) is 9.99. The zero-order valence-corrected chi connectivity index (χ0v) is 9.99. The topological polar surface area (TPSA) is 38.8 Å². The van der Waals surface area contributed by atoms with Crippen LogP contribution in [-0.2, 0) is 14.3 Å². The first-order valence-electron chi connectivity index (χ1n) is 5.82. The van der Waals surface area contributed by atoms with Gasteiger partial charge in [-0.1, -0.05) is 0 Å². The molecule has 0 N–H and O–H groups in total. The van der Waals surface area contributed by atoms with Gasteiger partial charge < -0.3 is 9.47 Å². The van der Waals surface area contributed by atoms with E-state index in [9.17, 15) is 4.79 Å². The molecule has 0 unspecified atom stereocenters. The molecule has 0 aromatic carbocycles. The van der Waals surface area contributed by atoms with E-state index in [2.05, 4.69) is 4.90 Å². The summed E-state index contributed by atoms with van der Waals surface area (Å²) in [5.74, 6) is 0.894. The molecule has 0 amide bonds. The summed E-state index contributed by atoms with van der Waals surface area (Å²) in [6, 6.07) is 0. The molecule has 4 heteroatoms. The van der Waals surface area contributed by atoms with Gasteiger partial charge in [0.15, 0.2) is 5.60 Å². The third-order valence-corrected chi connectivity index (χ3v) is 3.05. The second-order valence-electron chi connectivity index (χ2n) is 4.79. The third kappa shape index (κ3) is 2.62. The van der Waals surface area contributed by atoms with Crippen LogP contribution in [0, 0.1) is 0 Å². The molecule has 16 heavy (non-hydrogen) atoms. The van der Waals surface area contributed by atoms with E-state index < -0.39 is 5.60 Å². The maximum absolute atomic E-state index is 11.5. The average molecular weight is 225 g/mol. The molecule has 2 aliphatic rings. The summed E-state index contributed by atoms with van der Waals surface area (Å²) in [4.78, 5) is 13.9. The molecule has 0 radical (unpaired) electrons. The first-order valence-corrected chi connectivity index (χ1v) is 5.82. The van der Waals surface area contributed by atoms with Crippen LogP contribution in [0.15, 0.2) is 11.8 Å². The predicted molar refractivity (Wildman–Crippen MR) is 60.1 cm³/mol. The second kappa shape index (κ2) is 4.55. The van der Waals surface area contributed by atoms with Gasteiger partial charge in [0, 0.05) is 32.1 Å². The van der Waals surface area contributed by atoms with Gasteiger partial charge in [0.1, 0.15) is 5.76 Å². The molecule has 0 saturated carbocycles. The van der Waals surface area contributed by atoms with Gasteiger partial charge in [-0.3, -0.25) is 9.69 Å². The third-order valence-electron chi connectivity index (χ3n) is 3.05. The molecule has 1 saturated heterocycles. The molecule has 0 bridgehead atoms. The van der Waals surface area contributed by atoms with Crippen LogP contribution >= 0.6 is 0 Å². The lowest BCUT2D eigenvalue weighted by Gasteiger charge is -2.27. The van der Waals surface area contributed by atoms with E-state index in [1.807, 2.05) is 13.8 Å². The number of carbonyl (C=O) groups is 1. The van der Waals surface area contributed by atoms with Crippen LogP contribution in [0.25, 0.3) is 0 Å². The molecule has 0 aromatic heterocycles. The van der Waals surface area contributed by atoms with Crippen LogP contribution in [0.2, 0.25) is 0 Å². The van der Waals surface area contributed by atoms with Crippen LogP contribution in [0.4, 0.5) is 0 Å². The van der Waals surface area contributed by atoms with E-state index in [0.29, 0.717) is 0 Å². The van der Waals surface area contributed by atoms with Gasteiger partial charge >= 0.3 is 0 Å². The zero-order chi connectivity index (χ0) is 11.6. The highest BCUT2D eigenvalue weighted by Gasteiger charge is 2.34. The van der Waals surface area contributed by atoms with E-state index in [-0.39, 0.29) is 5.78 Å². The number of ketones is 1. The Bertz CT molecular complexity index is 303. The number of nitrogens with zero attached hydrogens (tertiary/aromatic N) is 1. The number of hydrogen-bond donors (Lipinski definition) is 0. The van der Waals surface area contributed by atoms with Gasteiger partial charge in [-0.2, -0.15) is 0 Å². The number of carbonyl (C=O) groups excluding carboxylic acids is 1. The SMILES string of the molecule is CC1(C)OC(CCN2CCOCC2)=CC1=O. The molecule has 90 valence electrons. The van der Waals surface area contributed by atoms with Gasteiger partial charge in [-0.05, 0) is 13.8 Å². The molecule has 4 nitrogen and oxygen atoms in total. The lowest BCUT2D eigenvalue weighted by atomic mass is 10.1. The number of ether oxygens (including phenoxy) is 2. The second-order valence-corrected chi connectivity index (χ2v) is 4.79. The summed E-state index contributed by atoms with van der Waals surface area (Å²) in [5.41, 5.74) is -0.652. The quantitative estimate of drug-likeness (QED) is 0.717. The Balaban J connectivity index is 1.79. The van der Waals surface area contributed by atoms with Gasteiger partial charge in [0.05, 0.1) is 13.2 Å². The summed E-state index contributed by atoms with van der Waals surface area (Å²) < 4.78 is 10.9. The first-order chi connectivity index (χ1) is 7.58. The van der Waals surface area contributed by atoms with Gasteiger partial charge in [-0.15, -0.1) is 0 Å². The summed E-state index contributed by atoms with van der Waals surface area (Å²) in [6.07, 6.45) is 2.45. The van der Waals surface area contributed by atoms with Crippen LogP contribution in [0.5, 0.6) is 0 Å². The lowest BCUT2D eigenvalue weighted by Crippen LogP contribution is -2.37. The van der Waals surface area contributed by atoms with Crippen molar-refractivity contribution in [2.75, 3.05) is 32.8 Å². The molecule has 0 atom stereocenters. The van der Waals surface area contributed by atoms with Crippen LogP contribution in [0.3, 0.4) is 0 Å². The van der Waals surface area contributed by atoms with Crippen molar-refractivity contribution in [3.63, 3.8) is 0 Å². The van der Waals surface area contributed by atoms with E-state index in [0.717, 1.165) is 45.0 Å². The molecular formula is C12H19NO3. The minimum atomic E-state index is -0.652. The van der Waals surface area contributed by atoms with Gasteiger partial charge in [0.25, 0.3) is 0 Å². The molecule has 0 aliphatic carbocycles. The first kappa shape index (κ1) is 11.6. The molecule has 0 aromatic rings. The van der Waals surface area contributed by atoms with Crippen molar-refractivity contribution in [3.05, 3.63) is 11.8 Å². The van der Waals surface area contributed by atoms with E-state index in [4.69, 9.17) is 9.47 Å². The Morgan fingerprint density at radius 3 is 2.62 bits per heavy atom. The van der Waals surface area contributed by atoms with Crippen LogP contribution in [0.1, 0.15) is 20.3 Å². The van der Waals surface area contributed by atoms with E-state index in [1.54, 1.807) is 6.08 Å². The van der Waals surface area contributed by atoms with Gasteiger partial charge in [0.2, 0.25) is 5.78 Å². The van der Waals surface area contributed by atoms with Crippen molar-refractivity contribution in [3.8, 4) is 0 Å². The maximum atomic E-state index is 11.5. The molecule has 2 rings (SSSR count). The van der Waals surface area contributed by atoms with Crippen molar-refractivity contribution in [1.29, 1.82) is 0 Å². The maximum Gasteiger partial charge on any atom is 0.201 e. The van der Waals surface area contributed by atoms with Crippen LogP contribution in [-0.4, -0.2) is 49.1 Å². The Labute approximate surface area is 96.2 Å². The fourth-order valence-electron chi connectivity index (χ4n) is 1.94. The average Bonchev–Trinajstić information content (AvgIpc) is 2.52. The van der Waals surface area contributed by atoms with E-state index in [1.165, 1.54) is 0 Å². The normalized spacial score (nSPS) is 25.4. The predicted octanol–water partition coefficient (Wildman–Crippen LogP) is 0.970. The molecular weight excluding hydrogens is 206 g/mol. The van der Waals surface area contributed by atoms with E-state index >= 15 is 0 Å². The monoisotopic (exact) mass is 225 g/mol. The largest absolute Gasteiger partial charge is 0.484 e. The molecule has 2 aliphatic heterocycles. The fraction of sp³-hybridized carbons (Fsp3) is 0.750. The highest BCUT2D eigenvalue weighted by molar-refractivity contribution is 5.98. The lowest BCUT2D eigenvalue weighted by molar-refractivity contribution is -0.127. The number of rotatable bonds is 3. The Morgan fingerprint density at radius 2 is 2.06 bits per heavy atom. The number of hydrogen-bond acceptors (Lipinski definition) is 4. The minimum Gasteiger partial charge on any atom is -0.484 e. The minimum absolute atomic E-state index is 0.0736. The summed E-state index contributed by atoms with van der Waals surface area (Å²) >= 11 is 0. The molecule has 0 spiro atoms. The van der Waals surface area contributed by atoms with Crippen molar-refractivity contribution >= 4 is 5.78 Å². The van der Waals surface area contributed by atoms with Crippen molar-refractivity contribution < 1.29 is 14.3 Å².